The third-order valence-electron chi connectivity index (χ3n) is 2.72. The average Bonchev–Trinajstić information content (AvgIpc) is 2.42. The van der Waals surface area contributed by atoms with E-state index in [1.54, 1.807) is 0 Å². The van der Waals surface area contributed by atoms with Gasteiger partial charge in [0.1, 0.15) is 13.2 Å². The van der Waals surface area contributed by atoms with Gasteiger partial charge in [-0.25, -0.2) is 0 Å². The van der Waals surface area contributed by atoms with Gasteiger partial charge in [0.05, 0.1) is 0 Å². The lowest BCUT2D eigenvalue weighted by atomic mass is 10.0. The van der Waals surface area contributed by atoms with Gasteiger partial charge in [-0.15, -0.1) is 0 Å². The summed E-state index contributed by atoms with van der Waals surface area (Å²) >= 11 is 0. The second-order valence-electron chi connectivity index (χ2n) is 3.74. The summed E-state index contributed by atoms with van der Waals surface area (Å²) in [7, 11) is 0. The highest BCUT2D eigenvalue weighted by Gasteiger charge is 2.05. The molecule has 0 atom stereocenters. The Morgan fingerprint density at radius 2 is 1.22 bits per heavy atom. The van der Waals surface area contributed by atoms with Crippen molar-refractivity contribution >= 4 is 23.7 Å². The number of ether oxygens (including phenoxy) is 2. The van der Waals surface area contributed by atoms with Crippen molar-refractivity contribution in [3.8, 4) is 0 Å². The summed E-state index contributed by atoms with van der Waals surface area (Å²) in [6.45, 7) is 1.33. The highest BCUT2D eigenvalue weighted by Crippen LogP contribution is 2.23. The van der Waals surface area contributed by atoms with Crippen LogP contribution < -0.4 is 0 Å². The monoisotopic (exact) mass is 244 g/mol. The van der Waals surface area contributed by atoms with Gasteiger partial charge in [-0.1, -0.05) is 36.4 Å². The molecule has 0 aliphatic rings. The number of carbonyl (C=O) groups is 2. The van der Waals surface area contributed by atoms with Crippen molar-refractivity contribution < 1.29 is 19.1 Å². The van der Waals surface area contributed by atoms with Gasteiger partial charge < -0.3 is 9.47 Å². The summed E-state index contributed by atoms with van der Waals surface area (Å²) in [6.07, 6.45) is 0. The summed E-state index contributed by atoms with van der Waals surface area (Å²) in [4.78, 5) is 20.5. The van der Waals surface area contributed by atoms with Gasteiger partial charge in [0.25, 0.3) is 12.9 Å². The van der Waals surface area contributed by atoms with E-state index in [1.807, 2.05) is 36.4 Å². The molecule has 0 saturated carbocycles. The van der Waals surface area contributed by atoms with Crippen LogP contribution in [-0.2, 0) is 32.3 Å². The van der Waals surface area contributed by atoms with Crippen LogP contribution in [0, 0.1) is 0 Å². The van der Waals surface area contributed by atoms with E-state index in [0.29, 0.717) is 12.9 Å². The molecule has 0 aliphatic carbocycles. The van der Waals surface area contributed by atoms with Crippen LogP contribution in [-0.4, -0.2) is 12.9 Å². The van der Waals surface area contributed by atoms with Crippen LogP contribution in [0.3, 0.4) is 0 Å². The minimum absolute atomic E-state index is 0.235. The third-order valence-corrected chi connectivity index (χ3v) is 2.72. The maximum Gasteiger partial charge on any atom is 0.293 e. The van der Waals surface area contributed by atoms with E-state index in [4.69, 9.17) is 9.47 Å². The number of hydrogen-bond acceptors (Lipinski definition) is 4. The number of carbonyl (C=O) groups excluding carboxylic acids is 2. The average molecular weight is 244 g/mol. The fourth-order valence-corrected chi connectivity index (χ4v) is 1.94. The molecule has 0 spiro atoms. The van der Waals surface area contributed by atoms with E-state index in [1.165, 1.54) is 0 Å². The third kappa shape index (κ3) is 2.48. The molecule has 0 saturated heterocycles. The normalized spacial score (nSPS) is 10.0. The molecule has 0 aliphatic heterocycles. The van der Waals surface area contributed by atoms with Crippen LogP contribution in [0.2, 0.25) is 0 Å². The molecule has 0 unspecified atom stereocenters. The van der Waals surface area contributed by atoms with Crippen LogP contribution in [0.4, 0.5) is 0 Å². The van der Waals surface area contributed by atoms with Gasteiger partial charge in [-0.3, -0.25) is 9.59 Å². The van der Waals surface area contributed by atoms with Crippen molar-refractivity contribution in [1.82, 2.24) is 0 Å². The lowest BCUT2D eigenvalue weighted by Crippen LogP contribution is -1.95. The molecule has 0 fully saturated rings. The van der Waals surface area contributed by atoms with Crippen molar-refractivity contribution in [2.75, 3.05) is 0 Å². The van der Waals surface area contributed by atoms with Gasteiger partial charge in [0.15, 0.2) is 0 Å². The molecule has 0 radical (unpaired) electrons. The van der Waals surface area contributed by atoms with Crippen LogP contribution >= 0.6 is 0 Å². The Labute approximate surface area is 104 Å². The van der Waals surface area contributed by atoms with Gasteiger partial charge in [-0.05, 0) is 21.9 Å². The fourth-order valence-electron chi connectivity index (χ4n) is 1.94. The maximum absolute atomic E-state index is 10.2. The van der Waals surface area contributed by atoms with Gasteiger partial charge in [0, 0.05) is 0 Å². The molecule has 0 heterocycles. The quantitative estimate of drug-likeness (QED) is 0.731. The smallest absolute Gasteiger partial charge is 0.293 e. The molecule has 2 aromatic carbocycles. The molecule has 0 N–H and O–H groups in total. The highest BCUT2D eigenvalue weighted by molar-refractivity contribution is 5.88. The molecule has 92 valence electrons. The standard InChI is InChI=1S/C14H12O4/c15-9-17-7-11-3-1-5-13-12(8-18-10-16)4-2-6-14(11)13/h1-6,9-10H,7-8H2. The van der Waals surface area contributed by atoms with Crippen molar-refractivity contribution in [3.05, 3.63) is 47.5 Å². The SMILES string of the molecule is O=COCc1cccc2c(COC=O)cccc12. The first-order valence-electron chi connectivity index (χ1n) is 5.47. The molecular formula is C14H12O4. The lowest BCUT2D eigenvalue weighted by molar-refractivity contribution is -0.130. The Kier molecular flexibility index (Phi) is 3.91. The predicted molar refractivity (Wildman–Crippen MR) is 65.7 cm³/mol. The molecule has 4 nitrogen and oxygen atoms in total. The van der Waals surface area contributed by atoms with E-state index < -0.39 is 0 Å². The molecule has 0 bridgehead atoms. The van der Waals surface area contributed by atoms with Crippen molar-refractivity contribution in [1.29, 1.82) is 0 Å². The first kappa shape index (κ1) is 12.1. The molecule has 0 amide bonds. The van der Waals surface area contributed by atoms with E-state index in [0.717, 1.165) is 21.9 Å². The Hall–Kier alpha value is -2.36. The van der Waals surface area contributed by atoms with Crippen LogP contribution in [0.15, 0.2) is 36.4 Å². The van der Waals surface area contributed by atoms with Crippen molar-refractivity contribution in [2.45, 2.75) is 13.2 Å². The topological polar surface area (TPSA) is 52.6 Å². The number of fused-ring (bicyclic) bond motifs is 1. The summed E-state index contributed by atoms with van der Waals surface area (Å²) in [6, 6.07) is 11.5. The van der Waals surface area contributed by atoms with Crippen molar-refractivity contribution in [3.63, 3.8) is 0 Å². The van der Waals surface area contributed by atoms with E-state index in [-0.39, 0.29) is 13.2 Å². The Bertz CT molecular complexity index is 511. The zero-order valence-electron chi connectivity index (χ0n) is 9.67. The zero-order valence-corrected chi connectivity index (χ0v) is 9.67. The number of benzene rings is 2. The van der Waals surface area contributed by atoms with E-state index in [2.05, 4.69) is 0 Å². The summed E-state index contributed by atoms with van der Waals surface area (Å²) in [5, 5.41) is 1.98. The molecule has 18 heavy (non-hydrogen) atoms. The largest absolute Gasteiger partial charge is 0.463 e. The summed E-state index contributed by atoms with van der Waals surface area (Å²) < 4.78 is 9.56. The Morgan fingerprint density at radius 3 is 1.61 bits per heavy atom. The second kappa shape index (κ2) is 5.82. The minimum atomic E-state index is 0.235. The van der Waals surface area contributed by atoms with Crippen LogP contribution in [0.5, 0.6) is 0 Å². The lowest BCUT2D eigenvalue weighted by Gasteiger charge is -2.09. The first-order valence-corrected chi connectivity index (χ1v) is 5.47. The maximum atomic E-state index is 10.2. The van der Waals surface area contributed by atoms with Gasteiger partial charge >= 0.3 is 0 Å². The minimum Gasteiger partial charge on any atom is -0.463 e. The highest BCUT2D eigenvalue weighted by atomic mass is 16.5. The Morgan fingerprint density at radius 1 is 0.778 bits per heavy atom. The first-order chi connectivity index (χ1) is 8.86. The molecule has 2 aromatic rings. The summed E-state index contributed by atoms with van der Waals surface area (Å²) in [5.74, 6) is 0. The molecule has 4 heteroatoms. The van der Waals surface area contributed by atoms with E-state index in [9.17, 15) is 9.59 Å². The van der Waals surface area contributed by atoms with Crippen molar-refractivity contribution in [2.24, 2.45) is 0 Å². The fraction of sp³-hybridized carbons (Fsp3) is 0.143. The van der Waals surface area contributed by atoms with Crippen LogP contribution in [0.1, 0.15) is 11.1 Å². The summed E-state index contributed by atoms with van der Waals surface area (Å²) in [5.41, 5.74) is 1.85. The van der Waals surface area contributed by atoms with Crippen LogP contribution in [0.25, 0.3) is 10.8 Å². The number of rotatable bonds is 6. The van der Waals surface area contributed by atoms with Gasteiger partial charge in [0.2, 0.25) is 0 Å². The second-order valence-corrected chi connectivity index (χ2v) is 3.74. The molecular weight excluding hydrogens is 232 g/mol. The zero-order chi connectivity index (χ0) is 12.8. The molecule has 0 aromatic heterocycles. The molecule has 2 rings (SSSR count). The predicted octanol–water partition coefficient (Wildman–Crippen LogP) is 2.19. The Balaban J connectivity index is 2.43. The van der Waals surface area contributed by atoms with E-state index >= 15 is 0 Å². The number of hydrogen-bond donors (Lipinski definition) is 0. The van der Waals surface area contributed by atoms with Gasteiger partial charge in [-0.2, -0.15) is 0 Å².